The normalized spacial score (nSPS) is 10.6. The summed E-state index contributed by atoms with van der Waals surface area (Å²) < 4.78 is 35.7. The molecule has 0 radical (unpaired) electrons. The minimum atomic E-state index is -0.823. The van der Waals surface area contributed by atoms with Crippen LogP contribution in [-0.2, 0) is 9.53 Å². The van der Waals surface area contributed by atoms with Gasteiger partial charge in [0.1, 0.15) is 0 Å². The lowest BCUT2D eigenvalue weighted by atomic mass is 10.2. The maximum absolute atomic E-state index is 13.3. The van der Waals surface area contributed by atoms with Gasteiger partial charge in [0.15, 0.2) is 17.4 Å². The molecule has 0 saturated heterocycles. The summed E-state index contributed by atoms with van der Waals surface area (Å²) in [6.07, 6.45) is 2.37. The molecule has 0 fully saturated rings. The summed E-state index contributed by atoms with van der Waals surface area (Å²) in [5.74, 6) is -2.66. The highest BCUT2D eigenvalue weighted by atomic mass is 19.1. The monoisotopic (exact) mass is 242 g/mol. The largest absolute Gasteiger partial charge is 0.491 e. The second-order valence-electron chi connectivity index (χ2n) is 3.10. The summed E-state index contributed by atoms with van der Waals surface area (Å²) in [5, 5.41) is 0. The lowest BCUT2D eigenvalue weighted by Crippen LogP contribution is -1.99. The summed E-state index contributed by atoms with van der Waals surface area (Å²) in [4.78, 5) is 11.0. The molecular weight excluding hydrogens is 230 g/mol. The Bertz CT molecular complexity index is 418. The standard InChI is InChI=1S/C12H12F2O3/c1-3-17-11(15)5-4-8-6-9(13)12(16-2)10(14)7-8/h4-7H,3H2,1-2H3/b5-4+. The minimum absolute atomic E-state index is 0.217. The Morgan fingerprint density at radius 2 is 1.94 bits per heavy atom. The SMILES string of the molecule is CCOC(=O)/C=C/c1cc(F)c(OC)c(F)c1. The first-order chi connectivity index (χ1) is 8.08. The van der Waals surface area contributed by atoms with Crippen LogP contribution in [0, 0.1) is 11.6 Å². The van der Waals surface area contributed by atoms with E-state index in [2.05, 4.69) is 9.47 Å². The van der Waals surface area contributed by atoms with Gasteiger partial charge in [0.2, 0.25) is 0 Å². The molecule has 0 atom stereocenters. The quantitative estimate of drug-likeness (QED) is 0.601. The molecule has 1 rings (SSSR count). The van der Waals surface area contributed by atoms with Gasteiger partial charge in [-0.15, -0.1) is 0 Å². The molecule has 3 nitrogen and oxygen atoms in total. The van der Waals surface area contributed by atoms with E-state index in [1.54, 1.807) is 6.92 Å². The Morgan fingerprint density at radius 3 is 2.41 bits per heavy atom. The Labute approximate surface area is 97.7 Å². The van der Waals surface area contributed by atoms with Crippen LogP contribution in [0.4, 0.5) is 8.78 Å². The number of rotatable bonds is 4. The lowest BCUT2D eigenvalue weighted by molar-refractivity contribution is -0.137. The topological polar surface area (TPSA) is 35.5 Å². The van der Waals surface area contributed by atoms with Crippen molar-refractivity contribution in [2.75, 3.05) is 13.7 Å². The van der Waals surface area contributed by atoms with Gasteiger partial charge in [0, 0.05) is 6.08 Å². The van der Waals surface area contributed by atoms with E-state index in [-0.39, 0.29) is 12.2 Å². The maximum atomic E-state index is 13.3. The van der Waals surface area contributed by atoms with Crippen LogP contribution in [0.3, 0.4) is 0 Å². The number of halogens is 2. The van der Waals surface area contributed by atoms with Gasteiger partial charge in [-0.3, -0.25) is 0 Å². The Balaban J connectivity index is 2.90. The molecule has 0 heterocycles. The third kappa shape index (κ3) is 3.55. The Kier molecular flexibility index (Phi) is 4.63. The number of carbonyl (C=O) groups is 1. The molecule has 1 aromatic rings. The van der Waals surface area contributed by atoms with Crippen molar-refractivity contribution in [2.45, 2.75) is 6.92 Å². The maximum Gasteiger partial charge on any atom is 0.330 e. The van der Waals surface area contributed by atoms with Crippen molar-refractivity contribution in [1.82, 2.24) is 0 Å². The molecule has 0 aliphatic carbocycles. The van der Waals surface area contributed by atoms with Gasteiger partial charge in [0.25, 0.3) is 0 Å². The van der Waals surface area contributed by atoms with E-state index in [0.29, 0.717) is 0 Å². The van der Waals surface area contributed by atoms with Gasteiger partial charge in [-0.25, -0.2) is 13.6 Å². The fraction of sp³-hybridized carbons (Fsp3) is 0.250. The van der Waals surface area contributed by atoms with Crippen LogP contribution in [-0.4, -0.2) is 19.7 Å². The zero-order chi connectivity index (χ0) is 12.8. The summed E-state index contributed by atoms with van der Waals surface area (Å²) in [6, 6.07) is 2.13. The van der Waals surface area contributed by atoms with Gasteiger partial charge in [0.05, 0.1) is 13.7 Å². The number of ether oxygens (including phenoxy) is 2. The van der Waals surface area contributed by atoms with E-state index < -0.39 is 23.4 Å². The number of hydrogen-bond acceptors (Lipinski definition) is 3. The minimum Gasteiger partial charge on any atom is -0.491 e. The number of methoxy groups -OCH3 is 1. The van der Waals surface area contributed by atoms with Crippen molar-refractivity contribution in [2.24, 2.45) is 0 Å². The number of hydrogen-bond donors (Lipinski definition) is 0. The van der Waals surface area contributed by atoms with Crippen molar-refractivity contribution in [1.29, 1.82) is 0 Å². The molecule has 0 aliphatic rings. The summed E-state index contributed by atoms with van der Waals surface area (Å²) in [6.45, 7) is 1.91. The molecule has 0 unspecified atom stereocenters. The lowest BCUT2D eigenvalue weighted by Gasteiger charge is -2.04. The molecule has 0 amide bonds. The second kappa shape index (κ2) is 5.98. The summed E-state index contributed by atoms with van der Waals surface area (Å²) in [7, 11) is 1.18. The average Bonchev–Trinajstić information content (AvgIpc) is 2.26. The van der Waals surface area contributed by atoms with Crippen LogP contribution in [0.5, 0.6) is 5.75 Å². The second-order valence-corrected chi connectivity index (χ2v) is 3.10. The molecule has 0 aliphatic heterocycles. The first kappa shape index (κ1) is 13.2. The summed E-state index contributed by atoms with van der Waals surface area (Å²) >= 11 is 0. The molecule has 17 heavy (non-hydrogen) atoms. The third-order valence-corrected chi connectivity index (χ3v) is 1.92. The van der Waals surface area contributed by atoms with Gasteiger partial charge in [-0.1, -0.05) is 0 Å². The Hall–Kier alpha value is -1.91. The van der Waals surface area contributed by atoms with Crippen LogP contribution in [0.1, 0.15) is 12.5 Å². The van der Waals surface area contributed by atoms with Gasteiger partial charge < -0.3 is 9.47 Å². The number of carbonyl (C=O) groups excluding carboxylic acids is 1. The molecule has 92 valence electrons. The van der Waals surface area contributed by atoms with E-state index in [9.17, 15) is 13.6 Å². The predicted octanol–water partition coefficient (Wildman–Crippen LogP) is 2.55. The first-order valence-electron chi connectivity index (χ1n) is 4.96. The van der Waals surface area contributed by atoms with E-state index in [4.69, 9.17) is 0 Å². The van der Waals surface area contributed by atoms with Crippen molar-refractivity contribution in [3.63, 3.8) is 0 Å². The fourth-order valence-electron chi connectivity index (χ4n) is 1.23. The number of esters is 1. The van der Waals surface area contributed by atoms with Crippen LogP contribution >= 0.6 is 0 Å². The smallest absolute Gasteiger partial charge is 0.330 e. The molecule has 5 heteroatoms. The third-order valence-electron chi connectivity index (χ3n) is 1.92. The Morgan fingerprint density at radius 1 is 1.35 bits per heavy atom. The van der Waals surface area contributed by atoms with Crippen LogP contribution in [0.25, 0.3) is 6.08 Å². The highest BCUT2D eigenvalue weighted by molar-refractivity contribution is 5.87. The van der Waals surface area contributed by atoms with Crippen LogP contribution < -0.4 is 4.74 Å². The van der Waals surface area contributed by atoms with Crippen LogP contribution in [0.15, 0.2) is 18.2 Å². The van der Waals surface area contributed by atoms with Crippen molar-refractivity contribution in [3.8, 4) is 5.75 Å². The molecule has 0 spiro atoms. The predicted molar refractivity (Wildman–Crippen MR) is 58.6 cm³/mol. The molecule has 0 saturated carbocycles. The summed E-state index contributed by atoms with van der Waals surface area (Å²) in [5.41, 5.74) is 0.217. The van der Waals surface area contributed by atoms with E-state index >= 15 is 0 Å². The van der Waals surface area contributed by atoms with Gasteiger partial charge in [-0.2, -0.15) is 0 Å². The van der Waals surface area contributed by atoms with E-state index in [0.717, 1.165) is 18.2 Å². The van der Waals surface area contributed by atoms with Gasteiger partial charge >= 0.3 is 5.97 Å². The highest BCUT2D eigenvalue weighted by Gasteiger charge is 2.10. The fourth-order valence-corrected chi connectivity index (χ4v) is 1.23. The van der Waals surface area contributed by atoms with Crippen molar-refractivity contribution < 1.29 is 23.0 Å². The van der Waals surface area contributed by atoms with E-state index in [1.165, 1.54) is 13.2 Å². The average molecular weight is 242 g/mol. The van der Waals surface area contributed by atoms with Crippen LogP contribution in [0.2, 0.25) is 0 Å². The molecule has 1 aromatic carbocycles. The van der Waals surface area contributed by atoms with Crippen molar-refractivity contribution >= 4 is 12.0 Å². The first-order valence-corrected chi connectivity index (χ1v) is 4.96. The van der Waals surface area contributed by atoms with E-state index in [1.807, 2.05) is 0 Å². The number of benzene rings is 1. The van der Waals surface area contributed by atoms with Gasteiger partial charge in [-0.05, 0) is 30.7 Å². The zero-order valence-corrected chi connectivity index (χ0v) is 9.50. The van der Waals surface area contributed by atoms with Crippen molar-refractivity contribution in [3.05, 3.63) is 35.4 Å². The molecule has 0 aromatic heterocycles. The zero-order valence-electron chi connectivity index (χ0n) is 9.50. The highest BCUT2D eigenvalue weighted by Crippen LogP contribution is 2.23. The molecule has 0 bridgehead atoms. The molecular formula is C12H12F2O3. The molecule has 0 N–H and O–H groups in total.